The highest BCUT2D eigenvalue weighted by Gasteiger charge is 2.35. The standard InChI is InChI=1S/C13H18ClFN2O2S/c1-13(16-2)6-8-17(9-7-13)20(18,19)11-5-3-4-10(14)12(11)15/h3-5,16H,6-9H2,1-2H3. The highest BCUT2D eigenvalue weighted by atomic mass is 35.5. The number of rotatable bonds is 3. The minimum atomic E-state index is -3.83. The number of sulfonamides is 1. The number of hydrogen-bond donors (Lipinski definition) is 1. The van der Waals surface area contributed by atoms with Crippen LogP contribution in [0.15, 0.2) is 23.1 Å². The molecule has 20 heavy (non-hydrogen) atoms. The van der Waals surface area contributed by atoms with E-state index in [9.17, 15) is 12.8 Å². The van der Waals surface area contributed by atoms with Crippen molar-refractivity contribution in [3.63, 3.8) is 0 Å². The van der Waals surface area contributed by atoms with Gasteiger partial charge in [0.25, 0.3) is 0 Å². The maximum Gasteiger partial charge on any atom is 0.246 e. The van der Waals surface area contributed by atoms with E-state index in [4.69, 9.17) is 11.6 Å². The van der Waals surface area contributed by atoms with Crippen LogP contribution < -0.4 is 5.32 Å². The molecule has 0 saturated carbocycles. The second-order valence-electron chi connectivity index (χ2n) is 5.27. The lowest BCUT2D eigenvalue weighted by molar-refractivity contribution is 0.219. The van der Waals surface area contributed by atoms with Crippen LogP contribution in [0.5, 0.6) is 0 Å². The van der Waals surface area contributed by atoms with E-state index >= 15 is 0 Å². The number of piperidine rings is 1. The molecule has 1 aromatic rings. The number of hydrogen-bond acceptors (Lipinski definition) is 3. The van der Waals surface area contributed by atoms with Gasteiger partial charge in [0.15, 0.2) is 5.82 Å². The van der Waals surface area contributed by atoms with E-state index in [0.717, 1.165) is 0 Å². The molecule has 4 nitrogen and oxygen atoms in total. The minimum Gasteiger partial charge on any atom is -0.314 e. The molecule has 1 fully saturated rings. The molecule has 0 bridgehead atoms. The molecule has 2 rings (SSSR count). The third-order valence-corrected chi connectivity index (χ3v) is 6.17. The van der Waals surface area contributed by atoms with E-state index in [1.807, 2.05) is 7.05 Å². The van der Waals surface area contributed by atoms with Crippen molar-refractivity contribution in [3.05, 3.63) is 29.0 Å². The molecule has 7 heteroatoms. The maximum absolute atomic E-state index is 13.9. The lowest BCUT2D eigenvalue weighted by Gasteiger charge is -2.38. The van der Waals surface area contributed by atoms with Gasteiger partial charge in [0.2, 0.25) is 10.0 Å². The van der Waals surface area contributed by atoms with Gasteiger partial charge in [-0.2, -0.15) is 4.31 Å². The number of benzene rings is 1. The van der Waals surface area contributed by atoms with Gasteiger partial charge in [-0.05, 0) is 38.9 Å². The first kappa shape index (κ1) is 15.7. The van der Waals surface area contributed by atoms with E-state index in [1.54, 1.807) is 0 Å². The Bertz CT molecular complexity index is 598. The quantitative estimate of drug-likeness (QED) is 0.929. The summed E-state index contributed by atoms with van der Waals surface area (Å²) in [4.78, 5) is -0.349. The summed E-state index contributed by atoms with van der Waals surface area (Å²) in [7, 11) is -1.97. The summed E-state index contributed by atoms with van der Waals surface area (Å²) in [5, 5.41) is 3.02. The summed E-state index contributed by atoms with van der Waals surface area (Å²) in [6.45, 7) is 2.79. The normalized spacial score (nSPS) is 20.0. The summed E-state index contributed by atoms with van der Waals surface area (Å²) in [6, 6.07) is 4.03. The molecule has 0 aromatic heterocycles. The molecule has 1 heterocycles. The number of halogens is 2. The molecule has 1 saturated heterocycles. The third-order valence-electron chi connectivity index (χ3n) is 3.96. The van der Waals surface area contributed by atoms with Crippen LogP contribution in [-0.4, -0.2) is 38.4 Å². The zero-order chi connectivity index (χ0) is 15.0. The van der Waals surface area contributed by atoms with E-state index < -0.39 is 15.8 Å². The fourth-order valence-corrected chi connectivity index (χ4v) is 4.05. The average molecular weight is 321 g/mol. The maximum atomic E-state index is 13.9. The van der Waals surface area contributed by atoms with Crippen molar-refractivity contribution in [2.24, 2.45) is 0 Å². The Morgan fingerprint density at radius 3 is 2.50 bits per heavy atom. The van der Waals surface area contributed by atoms with E-state index in [1.165, 1.54) is 22.5 Å². The fourth-order valence-electron chi connectivity index (χ4n) is 2.29. The second kappa shape index (κ2) is 5.60. The van der Waals surface area contributed by atoms with Gasteiger partial charge in [0.1, 0.15) is 4.90 Å². The first-order valence-corrected chi connectivity index (χ1v) is 8.25. The van der Waals surface area contributed by atoms with Gasteiger partial charge >= 0.3 is 0 Å². The Morgan fingerprint density at radius 2 is 1.95 bits per heavy atom. The molecule has 0 atom stereocenters. The Labute approximate surface area is 124 Å². The van der Waals surface area contributed by atoms with Crippen molar-refractivity contribution in [1.82, 2.24) is 9.62 Å². The minimum absolute atomic E-state index is 0.0705. The molecule has 1 aliphatic heterocycles. The Kier molecular flexibility index (Phi) is 4.39. The molecule has 1 aliphatic rings. The van der Waals surface area contributed by atoms with Gasteiger partial charge in [0.05, 0.1) is 5.02 Å². The zero-order valence-corrected chi connectivity index (χ0v) is 13.1. The molecular weight excluding hydrogens is 303 g/mol. The van der Waals surface area contributed by atoms with E-state index in [-0.39, 0.29) is 15.5 Å². The van der Waals surface area contributed by atoms with Crippen LogP contribution in [0.4, 0.5) is 4.39 Å². The second-order valence-corrected chi connectivity index (χ2v) is 7.58. The fraction of sp³-hybridized carbons (Fsp3) is 0.538. The first-order valence-electron chi connectivity index (χ1n) is 6.43. The molecule has 0 spiro atoms. The van der Waals surface area contributed by atoms with Gasteiger partial charge < -0.3 is 5.32 Å². The predicted molar refractivity (Wildman–Crippen MR) is 76.9 cm³/mol. The van der Waals surface area contributed by atoms with Crippen LogP contribution >= 0.6 is 11.6 Å². The van der Waals surface area contributed by atoms with Gasteiger partial charge in [-0.25, -0.2) is 12.8 Å². The van der Waals surface area contributed by atoms with Crippen molar-refractivity contribution < 1.29 is 12.8 Å². The highest BCUT2D eigenvalue weighted by Crippen LogP contribution is 2.29. The Balaban J connectivity index is 2.27. The summed E-state index contributed by atoms with van der Waals surface area (Å²) in [6.07, 6.45) is 1.37. The van der Waals surface area contributed by atoms with Crippen LogP contribution in [0.1, 0.15) is 19.8 Å². The lowest BCUT2D eigenvalue weighted by atomic mass is 9.91. The molecule has 0 unspecified atom stereocenters. The summed E-state index contributed by atoms with van der Waals surface area (Å²) < 4.78 is 40.2. The molecule has 0 amide bonds. The van der Waals surface area contributed by atoms with Crippen molar-refractivity contribution in [2.45, 2.75) is 30.2 Å². The van der Waals surface area contributed by atoms with Crippen LogP contribution in [-0.2, 0) is 10.0 Å². The summed E-state index contributed by atoms with van der Waals surface area (Å²) in [5.41, 5.74) is -0.0705. The first-order chi connectivity index (χ1) is 9.30. The lowest BCUT2D eigenvalue weighted by Crippen LogP contribution is -2.51. The molecular formula is C13H18ClFN2O2S. The van der Waals surface area contributed by atoms with Gasteiger partial charge in [-0.1, -0.05) is 17.7 Å². The van der Waals surface area contributed by atoms with E-state index in [2.05, 4.69) is 12.2 Å². The third kappa shape index (κ3) is 2.83. The van der Waals surface area contributed by atoms with Crippen molar-refractivity contribution in [3.8, 4) is 0 Å². The van der Waals surface area contributed by atoms with Crippen molar-refractivity contribution in [2.75, 3.05) is 20.1 Å². The van der Waals surface area contributed by atoms with Gasteiger partial charge in [-0.15, -0.1) is 0 Å². The Morgan fingerprint density at radius 1 is 1.35 bits per heavy atom. The van der Waals surface area contributed by atoms with Gasteiger partial charge in [-0.3, -0.25) is 0 Å². The van der Waals surface area contributed by atoms with Crippen LogP contribution in [0.3, 0.4) is 0 Å². The molecule has 112 valence electrons. The number of nitrogens with zero attached hydrogens (tertiary/aromatic N) is 1. The van der Waals surface area contributed by atoms with E-state index in [0.29, 0.717) is 25.9 Å². The largest absolute Gasteiger partial charge is 0.314 e. The SMILES string of the molecule is CNC1(C)CCN(S(=O)(=O)c2cccc(Cl)c2F)CC1. The van der Waals surface area contributed by atoms with Crippen LogP contribution in [0.25, 0.3) is 0 Å². The molecule has 0 radical (unpaired) electrons. The zero-order valence-electron chi connectivity index (χ0n) is 11.5. The number of nitrogens with one attached hydrogen (secondary N) is 1. The average Bonchev–Trinajstić information content (AvgIpc) is 2.42. The predicted octanol–water partition coefficient (Wildman–Crippen LogP) is 2.24. The van der Waals surface area contributed by atoms with Crippen LogP contribution in [0, 0.1) is 5.82 Å². The monoisotopic (exact) mass is 320 g/mol. The van der Waals surface area contributed by atoms with Gasteiger partial charge in [0, 0.05) is 18.6 Å². The van der Waals surface area contributed by atoms with Crippen molar-refractivity contribution in [1.29, 1.82) is 0 Å². The summed E-state index contributed by atoms with van der Waals surface area (Å²) >= 11 is 5.66. The molecule has 1 aromatic carbocycles. The smallest absolute Gasteiger partial charge is 0.246 e. The van der Waals surface area contributed by atoms with Crippen LogP contribution in [0.2, 0.25) is 5.02 Å². The summed E-state index contributed by atoms with van der Waals surface area (Å²) in [5.74, 6) is -0.879. The Hall–Kier alpha value is -0.690. The molecule has 1 N–H and O–H groups in total. The highest BCUT2D eigenvalue weighted by molar-refractivity contribution is 7.89. The topological polar surface area (TPSA) is 49.4 Å². The van der Waals surface area contributed by atoms with Crippen molar-refractivity contribution >= 4 is 21.6 Å². The molecule has 0 aliphatic carbocycles.